The van der Waals surface area contributed by atoms with E-state index in [2.05, 4.69) is 15.3 Å². The maximum absolute atomic E-state index is 15.5. The molecule has 2 saturated heterocycles. The number of ether oxygens (including phenoxy) is 2. The summed E-state index contributed by atoms with van der Waals surface area (Å²) in [6.07, 6.45) is 5.00. The van der Waals surface area contributed by atoms with Gasteiger partial charge in [0.2, 0.25) is 5.13 Å². The van der Waals surface area contributed by atoms with Crippen molar-refractivity contribution < 1.29 is 18.9 Å². The molecule has 4 atom stereocenters. The number of nitrogens with zero attached hydrogens (tertiary/aromatic N) is 6. The Morgan fingerprint density at radius 3 is 2.83 bits per heavy atom. The minimum Gasteiger partial charge on any atom is -0.467 e. The number of benzene rings is 1. The number of aromatic nitrogens is 4. The van der Waals surface area contributed by atoms with Crippen LogP contribution in [0.1, 0.15) is 19.3 Å². The smallest absolute Gasteiger partial charge is 0.376 e. The van der Waals surface area contributed by atoms with E-state index in [0.717, 1.165) is 29.5 Å². The first-order chi connectivity index (χ1) is 16.9. The first-order valence-corrected chi connectivity index (χ1v) is 12.6. The molecule has 3 aromatic rings. The lowest BCUT2D eigenvalue weighted by molar-refractivity contribution is 0.0516. The molecule has 4 heterocycles. The molecular formula is C23H30BFN6O3S. The minimum atomic E-state index is -1.07. The van der Waals surface area contributed by atoms with E-state index in [-0.39, 0.29) is 24.9 Å². The Labute approximate surface area is 208 Å². The van der Waals surface area contributed by atoms with Gasteiger partial charge in [-0.3, -0.25) is 4.68 Å². The van der Waals surface area contributed by atoms with Gasteiger partial charge in [-0.1, -0.05) is 17.4 Å². The summed E-state index contributed by atoms with van der Waals surface area (Å²) in [5.41, 5.74) is 2.74. The third-order valence-corrected chi connectivity index (χ3v) is 8.12. The lowest BCUT2D eigenvalue weighted by Crippen LogP contribution is -2.60. The average Bonchev–Trinajstić information content (AvgIpc) is 3.58. The number of hydrogen-bond donors (Lipinski definition) is 1. The van der Waals surface area contributed by atoms with E-state index in [0.29, 0.717) is 22.3 Å². The number of aryl methyl sites for hydroxylation is 1. The van der Waals surface area contributed by atoms with E-state index in [1.165, 1.54) is 11.3 Å². The molecule has 2 aliphatic heterocycles. The van der Waals surface area contributed by atoms with Crippen LogP contribution in [0.15, 0.2) is 30.6 Å². The van der Waals surface area contributed by atoms with Crippen molar-refractivity contribution in [3.8, 4) is 27.4 Å². The molecule has 2 aromatic heterocycles. The van der Waals surface area contributed by atoms with Crippen LogP contribution >= 0.6 is 11.3 Å². The Kier molecular flexibility index (Phi) is 6.80. The molecule has 2 unspecified atom stereocenters. The molecule has 0 saturated carbocycles. The van der Waals surface area contributed by atoms with Crippen LogP contribution in [-0.2, 0) is 11.8 Å². The van der Waals surface area contributed by atoms with E-state index < -0.39 is 13.2 Å². The molecule has 1 aromatic carbocycles. The van der Waals surface area contributed by atoms with Crippen molar-refractivity contribution in [1.82, 2.24) is 24.8 Å². The van der Waals surface area contributed by atoms with Gasteiger partial charge in [-0.15, -0.1) is 10.2 Å². The van der Waals surface area contributed by atoms with E-state index in [4.69, 9.17) is 9.47 Å². The second kappa shape index (κ2) is 9.84. The Balaban J connectivity index is 1.40. The van der Waals surface area contributed by atoms with Gasteiger partial charge in [0.1, 0.15) is 11.9 Å². The topological polar surface area (TPSA) is 88.8 Å². The highest BCUT2D eigenvalue weighted by atomic mass is 32.1. The van der Waals surface area contributed by atoms with Crippen molar-refractivity contribution in [2.75, 3.05) is 25.9 Å². The number of rotatable bonds is 8. The molecular weight excluding hydrogens is 470 g/mol. The van der Waals surface area contributed by atoms with Crippen molar-refractivity contribution in [2.45, 2.75) is 50.4 Å². The predicted molar refractivity (Wildman–Crippen MR) is 134 cm³/mol. The fourth-order valence-electron chi connectivity index (χ4n) is 5.41. The molecule has 5 rings (SSSR count). The van der Waals surface area contributed by atoms with Gasteiger partial charge in [0.05, 0.1) is 17.8 Å². The fraction of sp³-hybridized carbons (Fsp3) is 0.522. The van der Waals surface area contributed by atoms with Gasteiger partial charge < -0.3 is 24.2 Å². The van der Waals surface area contributed by atoms with Gasteiger partial charge in [-0.2, -0.15) is 5.10 Å². The third kappa shape index (κ3) is 4.55. The van der Waals surface area contributed by atoms with Crippen molar-refractivity contribution in [3.63, 3.8) is 0 Å². The summed E-state index contributed by atoms with van der Waals surface area (Å²) in [6, 6.07) is 5.51. The molecule has 0 radical (unpaired) electrons. The Morgan fingerprint density at radius 2 is 2.11 bits per heavy atom. The zero-order valence-electron chi connectivity index (χ0n) is 20.3. The number of halogens is 1. The number of anilines is 1. The number of alkyl halides is 1. The Bertz CT molecular complexity index is 1180. The normalized spacial score (nSPS) is 24.1. The summed E-state index contributed by atoms with van der Waals surface area (Å²) >= 11 is 1.41. The second-order valence-electron chi connectivity index (χ2n) is 9.29. The largest absolute Gasteiger partial charge is 0.467 e. The number of methoxy groups -OCH3 is 1. The molecule has 2 bridgehead atoms. The number of piperidine rings is 1. The maximum Gasteiger partial charge on any atom is 0.376 e. The van der Waals surface area contributed by atoms with Gasteiger partial charge in [0, 0.05) is 45.0 Å². The number of hydrogen-bond acceptors (Lipinski definition) is 9. The van der Waals surface area contributed by atoms with Crippen LogP contribution in [0.4, 0.5) is 9.52 Å². The predicted octanol–water partition coefficient (Wildman–Crippen LogP) is 3.08. The Morgan fingerprint density at radius 1 is 1.29 bits per heavy atom. The van der Waals surface area contributed by atoms with Crippen LogP contribution in [0.5, 0.6) is 5.75 Å². The zero-order chi connectivity index (χ0) is 24.7. The van der Waals surface area contributed by atoms with Crippen LogP contribution in [-0.4, -0.2) is 82.1 Å². The average molecular weight is 500 g/mol. The van der Waals surface area contributed by atoms with Crippen LogP contribution < -0.4 is 9.64 Å². The highest BCUT2D eigenvalue weighted by molar-refractivity contribution is 7.18. The fourth-order valence-corrected chi connectivity index (χ4v) is 6.31. The summed E-state index contributed by atoms with van der Waals surface area (Å²) in [6.45, 7) is 1.82. The SMILES string of the molecule is COCOc1cc(-c2cnn(C)c2)ccc1-c1nnc(N(C)[C@H]2CC3CCC([C@H]2F)N3B(C)O)s1. The maximum atomic E-state index is 15.5. The van der Waals surface area contributed by atoms with Gasteiger partial charge in [-0.25, -0.2) is 4.39 Å². The van der Waals surface area contributed by atoms with Crippen LogP contribution in [0.2, 0.25) is 6.82 Å². The zero-order valence-corrected chi connectivity index (χ0v) is 21.2. The molecule has 2 aliphatic rings. The summed E-state index contributed by atoms with van der Waals surface area (Å²) in [7, 11) is 4.70. The highest BCUT2D eigenvalue weighted by Gasteiger charge is 2.51. The lowest BCUT2D eigenvalue weighted by Gasteiger charge is -2.44. The molecule has 35 heavy (non-hydrogen) atoms. The monoisotopic (exact) mass is 500 g/mol. The van der Waals surface area contributed by atoms with Crippen molar-refractivity contribution in [1.29, 1.82) is 0 Å². The molecule has 9 nitrogen and oxygen atoms in total. The van der Waals surface area contributed by atoms with Gasteiger partial charge in [0.15, 0.2) is 11.8 Å². The van der Waals surface area contributed by atoms with E-state index in [9.17, 15) is 5.02 Å². The summed E-state index contributed by atoms with van der Waals surface area (Å²) in [4.78, 5) is 3.85. The van der Waals surface area contributed by atoms with Crippen LogP contribution in [0, 0.1) is 0 Å². The van der Waals surface area contributed by atoms with E-state index in [1.807, 2.05) is 48.2 Å². The van der Waals surface area contributed by atoms with Gasteiger partial charge >= 0.3 is 7.05 Å². The second-order valence-corrected chi connectivity index (χ2v) is 10.2. The standard InChI is InChI=1S/C23H30BFN6O3S/c1-24(32)31-16-6-8-18(31)21(25)19(10-16)30(3)23-28-27-22(35-23)17-7-5-14(9-20(17)34-13-33-4)15-11-26-29(2)12-15/h5,7,9,11-12,16,18-19,21,32H,6,8,10,13H2,1-4H3/t16?,18?,19-,21+/m0/s1. The first-order valence-electron chi connectivity index (χ1n) is 11.8. The van der Waals surface area contributed by atoms with Crippen LogP contribution in [0.25, 0.3) is 21.7 Å². The first kappa shape index (κ1) is 24.2. The molecule has 12 heteroatoms. The third-order valence-electron chi connectivity index (χ3n) is 7.08. The Hall–Kier alpha value is -2.54. The summed E-state index contributed by atoms with van der Waals surface area (Å²) in [5.74, 6) is 0.630. The molecule has 0 spiro atoms. The van der Waals surface area contributed by atoms with E-state index >= 15 is 4.39 Å². The molecule has 0 aliphatic carbocycles. The van der Waals surface area contributed by atoms with Crippen molar-refractivity contribution >= 4 is 23.5 Å². The molecule has 2 fully saturated rings. The van der Waals surface area contributed by atoms with Gasteiger partial charge in [-0.05, 0) is 43.8 Å². The van der Waals surface area contributed by atoms with E-state index in [1.54, 1.807) is 24.8 Å². The molecule has 0 amide bonds. The summed E-state index contributed by atoms with van der Waals surface area (Å²) < 4.78 is 28.3. The van der Waals surface area contributed by atoms with Crippen LogP contribution in [0.3, 0.4) is 0 Å². The van der Waals surface area contributed by atoms with Crippen molar-refractivity contribution in [2.24, 2.45) is 7.05 Å². The highest BCUT2D eigenvalue weighted by Crippen LogP contribution is 2.42. The molecule has 186 valence electrons. The lowest BCUT2D eigenvalue weighted by atomic mass is 9.78. The number of fused-ring (bicyclic) bond motifs is 2. The quantitative estimate of drug-likeness (QED) is 0.373. The molecule has 1 N–H and O–H groups in total. The minimum absolute atomic E-state index is 0.100. The van der Waals surface area contributed by atoms with Gasteiger partial charge in [0.25, 0.3) is 0 Å². The summed E-state index contributed by atoms with van der Waals surface area (Å²) in [5, 5.41) is 24.5. The van der Waals surface area contributed by atoms with Crippen molar-refractivity contribution in [3.05, 3.63) is 30.6 Å².